The molecule has 0 aliphatic heterocycles. The van der Waals surface area contributed by atoms with Crippen LogP contribution in [0.25, 0.3) is 0 Å². The molecule has 1 aliphatic carbocycles. The van der Waals surface area contributed by atoms with Crippen molar-refractivity contribution in [3.8, 4) is 0 Å². The Morgan fingerprint density at radius 1 is 1.24 bits per heavy atom. The number of hydrogen-bond donors (Lipinski definition) is 2. The first-order valence-corrected chi connectivity index (χ1v) is 7.17. The summed E-state index contributed by atoms with van der Waals surface area (Å²) in [6, 6.07) is 2.66. The molecule has 5 nitrogen and oxygen atoms in total. The van der Waals surface area contributed by atoms with Crippen LogP contribution in [0.1, 0.15) is 44.2 Å². The Bertz CT molecular complexity index is 508. The molecule has 1 heterocycles. The molecule has 0 spiro atoms. The van der Waals surface area contributed by atoms with Gasteiger partial charge >= 0.3 is 5.97 Å². The number of carbonyl (C=O) groups excluding carboxylic acids is 1. The van der Waals surface area contributed by atoms with Crippen molar-refractivity contribution in [2.45, 2.75) is 50.5 Å². The van der Waals surface area contributed by atoms with Gasteiger partial charge in [0, 0.05) is 5.69 Å². The second-order valence-corrected chi connectivity index (χ2v) is 5.49. The number of aromatic nitrogens is 1. The molecule has 1 aliphatic rings. The van der Waals surface area contributed by atoms with E-state index in [0.717, 1.165) is 31.9 Å². The van der Waals surface area contributed by atoms with Gasteiger partial charge in [-0.1, -0.05) is 25.7 Å². The summed E-state index contributed by atoms with van der Waals surface area (Å²) in [7, 11) is 0. The van der Waals surface area contributed by atoms with E-state index in [4.69, 9.17) is 0 Å². The molecule has 1 aromatic heterocycles. The number of nitrogens with zero attached hydrogens (tertiary/aromatic N) is 1. The number of carboxylic acids is 1. The molecule has 0 aromatic carbocycles. The fourth-order valence-electron chi connectivity index (χ4n) is 2.71. The maximum Gasteiger partial charge on any atom is 0.329 e. The third-order valence-corrected chi connectivity index (χ3v) is 3.88. The summed E-state index contributed by atoms with van der Waals surface area (Å²) in [5, 5.41) is 12.1. The second kappa shape index (κ2) is 6.65. The van der Waals surface area contributed by atoms with Crippen LogP contribution in [-0.4, -0.2) is 27.5 Å². The highest BCUT2D eigenvalue weighted by Crippen LogP contribution is 2.27. The first kappa shape index (κ1) is 15.4. The normalized spacial score (nSPS) is 17.8. The second-order valence-electron chi connectivity index (χ2n) is 5.49. The number of amides is 1. The third-order valence-electron chi connectivity index (χ3n) is 3.88. The molecule has 1 aromatic rings. The molecule has 0 atom stereocenters. The smallest absolute Gasteiger partial charge is 0.329 e. The minimum atomic E-state index is -1.17. The van der Waals surface area contributed by atoms with E-state index in [9.17, 15) is 19.1 Å². The Labute approximate surface area is 122 Å². The number of carbonyl (C=O) groups is 2. The zero-order valence-corrected chi connectivity index (χ0v) is 11.8. The van der Waals surface area contributed by atoms with Crippen LogP contribution < -0.4 is 5.32 Å². The van der Waals surface area contributed by atoms with E-state index >= 15 is 0 Å². The van der Waals surface area contributed by atoms with Crippen molar-refractivity contribution in [2.75, 3.05) is 0 Å². The van der Waals surface area contributed by atoms with E-state index in [2.05, 4.69) is 10.3 Å². The van der Waals surface area contributed by atoms with E-state index in [1.807, 2.05) is 0 Å². The fraction of sp³-hybridized carbons (Fsp3) is 0.533. The van der Waals surface area contributed by atoms with Crippen LogP contribution in [0, 0.1) is 5.82 Å². The van der Waals surface area contributed by atoms with E-state index in [1.54, 1.807) is 0 Å². The van der Waals surface area contributed by atoms with Gasteiger partial charge in [-0.25, -0.2) is 9.18 Å². The molecular formula is C15H19FN2O3. The first-order valence-electron chi connectivity index (χ1n) is 7.17. The van der Waals surface area contributed by atoms with E-state index in [1.165, 1.54) is 12.1 Å². The molecule has 2 N–H and O–H groups in total. The Morgan fingerprint density at radius 2 is 1.90 bits per heavy atom. The largest absolute Gasteiger partial charge is 0.480 e. The molecule has 1 amide bonds. The van der Waals surface area contributed by atoms with Gasteiger partial charge in [-0.2, -0.15) is 0 Å². The van der Waals surface area contributed by atoms with Crippen LogP contribution in [0.5, 0.6) is 0 Å². The van der Waals surface area contributed by atoms with Gasteiger partial charge in [0.15, 0.2) is 0 Å². The molecular weight excluding hydrogens is 275 g/mol. The summed E-state index contributed by atoms with van der Waals surface area (Å²) in [4.78, 5) is 27.5. The number of rotatable bonds is 4. The van der Waals surface area contributed by atoms with Gasteiger partial charge in [-0.15, -0.1) is 0 Å². The third kappa shape index (κ3) is 4.00. The SMILES string of the molecule is O=C(Cc1ccc(F)cn1)NC1(C(=O)O)CCCCCC1. The number of halogens is 1. The minimum Gasteiger partial charge on any atom is -0.480 e. The Balaban J connectivity index is 2.04. The summed E-state index contributed by atoms with van der Waals surface area (Å²) >= 11 is 0. The number of pyridine rings is 1. The molecule has 0 saturated heterocycles. The summed E-state index contributed by atoms with van der Waals surface area (Å²) in [6.07, 6.45) is 5.46. The summed E-state index contributed by atoms with van der Waals surface area (Å²) < 4.78 is 12.8. The molecule has 1 fully saturated rings. The Kier molecular flexibility index (Phi) is 4.88. The Morgan fingerprint density at radius 3 is 2.43 bits per heavy atom. The minimum absolute atomic E-state index is 0.0463. The van der Waals surface area contributed by atoms with Crippen molar-refractivity contribution < 1.29 is 19.1 Å². The van der Waals surface area contributed by atoms with Crippen LogP contribution in [0.2, 0.25) is 0 Å². The zero-order valence-electron chi connectivity index (χ0n) is 11.8. The molecule has 0 bridgehead atoms. The van der Waals surface area contributed by atoms with Crippen molar-refractivity contribution in [3.63, 3.8) is 0 Å². The molecule has 6 heteroatoms. The van der Waals surface area contributed by atoms with Gasteiger partial charge in [0.2, 0.25) is 5.91 Å². The predicted octanol–water partition coefficient (Wildman–Crippen LogP) is 2.06. The standard InChI is InChI=1S/C15H19FN2O3/c16-11-5-6-12(17-10-11)9-13(19)18-15(14(20)21)7-3-1-2-4-8-15/h5-6,10H,1-4,7-9H2,(H,18,19)(H,20,21). The number of nitrogens with one attached hydrogen (secondary N) is 1. The van der Waals surface area contributed by atoms with Gasteiger partial charge in [-0.3, -0.25) is 9.78 Å². The lowest BCUT2D eigenvalue weighted by Gasteiger charge is -2.29. The molecule has 21 heavy (non-hydrogen) atoms. The van der Waals surface area contributed by atoms with E-state index in [-0.39, 0.29) is 6.42 Å². The number of aliphatic carboxylic acids is 1. The van der Waals surface area contributed by atoms with Crippen LogP contribution in [0.3, 0.4) is 0 Å². The van der Waals surface area contributed by atoms with Gasteiger partial charge in [0.1, 0.15) is 11.4 Å². The first-order chi connectivity index (χ1) is 10.0. The zero-order chi connectivity index (χ0) is 15.3. The summed E-state index contributed by atoms with van der Waals surface area (Å²) in [5.41, 5.74) is -0.754. The summed E-state index contributed by atoms with van der Waals surface area (Å²) in [5.74, 6) is -1.84. The lowest BCUT2D eigenvalue weighted by molar-refractivity contribution is -0.148. The Hall–Kier alpha value is -1.98. The molecule has 1 saturated carbocycles. The monoisotopic (exact) mass is 294 g/mol. The average molecular weight is 294 g/mol. The van der Waals surface area contributed by atoms with Crippen LogP contribution in [0.4, 0.5) is 4.39 Å². The van der Waals surface area contributed by atoms with Crippen LogP contribution in [0.15, 0.2) is 18.3 Å². The van der Waals surface area contributed by atoms with E-state index < -0.39 is 23.2 Å². The van der Waals surface area contributed by atoms with Crippen LogP contribution in [-0.2, 0) is 16.0 Å². The average Bonchev–Trinajstić information content (AvgIpc) is 2.68. The van der Waals surface area contributed by atoms with Gasteiger partial charge < -0.3 is 10.4 Å². The van der Waals surface area contributed by atoms with Crippen LogP contribution >= 0.6 is 0 Å². The highest BCUT2D eigenvalue weighted by molar-refractivity contribution is 5.87. The highest BCUT2D eigenvalue weighted by Gasteiger charge is 2.39. The van der Waals surface area contributed by atoms with E-state index in [0.29, 0.717) is 18.5 Å². The maximum atomic E-state index is 12.8. The maximum absolute atomic E-state index is 12.8. The molecule has 0 unspecified atom stereocenters. The van der Waals surface area contributed by atoms with Crippen molar-refractivity contribution in [1.82, 2.24) is 10.3 Å². The molecule has 0 radical (unpaired) electrons. The van der Waals surface area contributed by atoms with Gasteiger partial charge in [0.25, 0.3) is 0 Å². The molecule has 2 rings (SSSR count). The summed E-state index contributed by atoms with van der Waals surface area (Å²) in [6.45, 7) is 0. The fourth-order valence-corrected chi connectivity index (χ4v) is 2.71. The van der Waals surface area contributed by atoms with Gasteiger partial charge in [0.05, 0.1) is 12.6 Å². The van der Waals surface area contributed by atoms with Gasteiger partial charge in [-0.05, 0) is 25.0 Å². The van der Waals surface area contributed by atoms with Crippen molar-refractivity contribution in [2.24, 2.45) is 0 Å². The van der Waals surface area contributed by atoms with Crippen molar-refractivity contribution in [3.05, 3.63) is 29.8 Å². The topological polar surface area (TPSA) is 79.3 Å². The van der Waals surface area contributed by atoms with Crippen molar-refractivity contribution >= 4 is 11.9 Å². The predicted molar refractivity (Wildman–Crippen MR) is 74.1 cm³/mol. The lowest BCUT2D eigenvalue weighted by Crippen LogP contribution is -2.54. The number of carboxylic acid groups (broad SMARTS) is 1. The quantitative estimate of drug-likeness (QED) is 0.833. The highest BCUT2D eigenvalue weighted by atomic mass is 19.1. The lowest BCUT2D eigenvalue weighted by atomic mass is 9.90. The number of hydrogen-bond acceptors (Lipinski definition) is 3. The van der Waals surface area contributed by atoms with Crippen molar-refractivity contribution in [1.29, 1.82) is 0 Å². The molecule has 114 valence electrons.